The van der Waals surface area contributed by atoms with Crippen molar-refractivity contribution in [2.75, 3.05) is 0 Å². The van der Waals surface area contributed by atoms with E-state index in [0.29, 0.717) is 41.5 Å². The molecule has 184 valence electrons. The molecule has 0 aliphatic heterocycles. The summed E-state index contributed by atoms with van der Waals surface area (Å²) in [7, 11) is 0. The third-order valence-electron chi connectivity index (χ3n) is 5.56. The van der Waals surface area contributed by atoms with E-state index in [1.54, 1.807) is 36.5 Å². The Balaban J connectivity index is 1.54. The van der Waals surface area contributed by atoms with Gasteiger partial charge in [-0.05, 0) is 48.7 Å². The summed E-state index contributed by atoms with van der Waals surface area (Å²) < 4.78 is 9.96. The predicted molar refractivity (Wildman–Crippen MR) is 140 cm³/mol. The van der Waals surface area contributed by atoms with Crippen molar-refractivity contribution >= 4 is 12.9 Å². The number of benzene rings is 1. The predicted octanol–water partition coefficient (Wildman–Crippen LogP) is 5.41. The molecule has 0 amide bonds. The molecule has 4 aromatic rings. The number of pyridine rings is 3. The van der Waals surface area contributed by atoms with E-state index in [-0.39, 0.29) is 5.75 Å². The number of unbranched alkanes of at least 4 members (excludes halogenated alkanes) is 2. The molecule has 0 bridgehead atoms. The summed E-state index contributed by atoms with van der Waals surface area (Å²) >= 11 is 0. The SMILES string of the molecule is CCCCCc1ccc(C#Cc2ccc(-c3cc(OC=O)cc(-c4cc(OC=O)ccn4)n3)nc2)cc1. The van der Waals surface area contributed by atoms with Gasteiger partial charge in [-0.1, -0.05) is 43.7 Å². The highest BCUT2D eigenvalue weighted by Gasteiger charge is 2.11. The van der Waals surface area contributed by atoms with Gasteiger partial charge in [0.1, 0.15) is 11.5 Å². The van der Waals surface area contributed by atoms with Crippen LogP contribution in [0.4, 0.5) is 0 Å². The summed E-state index contributed by atoms with van der Waals surface area (Å²) in [6.45, 7) is 2.88. The quantitative estimate of drug-likeness (QED) is 0.166. The molecule has 4 rings (SSSR count). The highest BCUT2D eigenvalue weighted by atomic mass is 16.5. The number of carbonyl (C=O) groups is 2. The van der Waals surface area contributed by atoms with Crippen LogP contribution in [-0.4, -0.2) is 27.9 Å². The van der Waals surface area contributed by atoms with Crippen LogP contribution in [0.15, 0.2) is 73.1 Å². The van der Waals surface area contributed by atoms with Gasteiger partial charge in [0.15, 0.2) is 0 Å². The Morgan fingerprint density at radius 1 is 0.730 bits per heavy atom. The standard InChI is InChI=1S/C30H25N3O4/c1-2-3-4-5-22-6-8-23(9-7-22)10-11-24-12-13-27(32-19-24)29-17-26(37-21-35)18-30(33-29)28-16-25(36-20-34)14-15-31-28/h6-9,12-21H,2-5H2,1H3. The summed E-state index contributed by atoms with van der Waals surface area (Å²) in [6.07, 6.45) is 7.93. The van der Waals surface area contributed by atoms with Gasteiger partial charge in [0, 0.05) is 41.7 Å². The van der Waals surface area contributed by atoms with Crippen molar-refractivity contribution in [3.8, 4) is 46.1 Å². The molecule has 37 heavy (non-hydrogen) atoms. The number of carbonyl (C=O) groups excluding carboxylic acids is 2. The van der Waals surface area contributed by atoms with Gasteiger partial charge < -0.3 is 9.47 Å². The molecule has 0 radical (unpaired) electrons. The van der Waals surface area contributed by atoms with Crippen LogP contribution in [0.3, 0.4) is 0 Å². The summed E-state index contributed by atoms with van der Waals surface area (Å²) in [4.78, 5) is 35.0. The normalized spacial score (nSPS) is 10.2. The van der Waals surface area contributed by atoms with Crippen LogP contribution >= 0.6 is 0 Å². The largest absolute Gasteiger partial charge is 0.429 e. The van der Waals surface area contributed by atoms with Gasteiger partial charge in [-0.3, -0.25) is 19.6 Å². The second-order valence-electron chi connectivity index (χ2n) is 8.21. The number of hydrogen-bond donors (Lipinski definition) is 0. The van der Waals surface area contributed by atoms with Crippen LogP contribution < -0.4 is 9.47 Å². The van der Waals surface area contributed by atoms with E-state index in [4.69, 9.17) is 9.47 Å². The number of aromatic nitrogens is 3. The zero-order valence-electron chi connectivity index (χ0n) is 20.4. The van der Waals surface area contributed by atoms with Crippen molar-refractivity contribution in [1.29, 1.82) is 0 Å². The number of hydrogen-bond acceptors (Lipinski definition) is 7. The van der Waals surface area contributed by atoms with Gasteiger partial charge in [-0.25, -0.2) is 4.98 Å². The molecule has 0 saturated carbocycles. The van der Waals surface area contributed by atoms with E-state index in [2.05, 4.69) is 45.8 Å². The summed E-state index contributed by atoms with van der Waals surface area (Å²) in [6, 6.07) is 18.3. The second-order valence-corrected chi connectivity index (χ2v) is 8.21. The van der Waals surface area contributed by atoms with Crippen molar-refractivity contribution in [2.24, 2.45) is 0 Å². The topological polar surface area (TPSA) is 91.3 Å². The molecule has 0 aliphatic rings. The van der Waals surface area contributed by atoms with E-state index >= 15 is 0 Å². The third kappa shape index (κ3) is 7.09. The lowest BCUT2D eigenvalue weighted by Gasteiger charge is -2.08. The van der Waals surface area contributed by atoms with Gasteiger partial charge in [0.05, 0.1) is 22.8 Å². The first-order chi connectivity index (χ1) is 18.2. The molecule has 7 nitrogen and oxygen atoms in total. The number of aryl methyl sites for hydroxylation is 1. The molecular weight excluding hydrogens is 466 g/mol. The van der Waals surface area contributed by atoms with Crippen LogP contribution in [0.2, 0.25) is 0 Å². The minimum absolute atomic E-state index is 0.280. The maximum Gasteiger partial charge on any atom is 0.298 e. The molecule has 0 N–H and O–H groups in total. The number of ether oxygens (including phenoxy) is 2. The Morgan fingerprint density at radius 3 is 2.11 bits per heavy atom. The number of rotatable bonds is 10. The Hall–Kier alpha value is -4.83. The first kappa shape index (κ1) is 25.3. The second kappa shape index (κ2) is 12.8. The highest BCUT2D eigenvalue weighted by Crippen LogP contribution is 2.28. The molecule has 0 fully saturated rings. The van der Waals surface area contributed by atoms with Gasteiger partial charge in [-0.15, -0.1) is 0 Å². The first-order valence-corrected chi connectivity index (χ1v) is 11.9. The van der Waals surface area contributed by atoms with Crippen molar-refractivity contribution in [3.63, 3.8) is 0 Å². The van der Waals surface area contributed by atoms with E-state index in [9.17, 15) is 9.59 Å². The fourth-order valence-corrected chi connectivity index (χ4v) is 3.67. The lowest BCUT2D eigenvalue weighted by molar-refractivity contribution is -0.121. The van der Waals surface area contributed by atoms with Crippen LogP contribution in [0.5, 0.6) is 11.5 Å². The lowest BCUT2D eigenvalue weighted by atomic mass is 10.1. The Morgan fingerprint density at radius 2 is 1.41 bits per heavy atom. The minimum Gasteiger partial charge on any atom is -0.429 e. The molecule has 1 aromatic carbocycles. The van der Waals surface area contributed by atoms with Crippen LogP contribution in [0.1, 0.15) is 42.9 Å². The molecule has 3 heterocycles. The van der Waals surface area contributed by atoms with Crippen LogP contribution in [-0.2, 0) is 16.0 Å². The average Bonchev–Trinajstić information content (AvgIpc) is 2.93. The summed E-state index contributed by atoms with van der Waals surface area (Å²) in [5, 5.41) is 0. The molecular formula is C30H25N3O4. The van der Waals surface area contributed by atoms with Gasteiger partial charge >= 0.3 is 0 Å². The fourth-order valence-electron chi connectivity index (χ4n) is 3.67. The highest BCUT2D eigenvalue weighted by molar-refractivity contribution is 5.67. The van der Waals surface area contributed by atoms with Gasteiger partial charge in [0.25, 0.3) is 12.9 Å². The number of nitrogens with zero attached hydrogens (tertiary/aromatic N) is 3. The van der Waals surface area contributed by atoms with Gasteiger partial charge in [-0.2, -0.15) is 0 Å². The molecule has 0 atom stereocenters. The van der Waals surface area contributed by atoms with Crippen molar-refractivity contribution in [1.82, 2.24) is 15.0 Å². The molecule has 0 unspecified atom stereocenters. The van der Waals surface area contributed by atoms with Gasteiger partial charge in [0.2, 0.25) is 0 Å². The first-order valence-electron chi connectivity index (χ1n) is 11.9. The Labute approximate surface area is 215 Å². The molecule has 7 heteroatoms. The smallest absolute Gasteiger partial charge is 0.298 e. The fraction of sp³-hybridized carbons (Fsp3) is 0.167. The third-order valence-corrected chi connectivity index (χ3v) is 5.56. The summed E-state index contributed by atoms with van der Waals surface area (Å²) in [5.41, 5.74) is 4.95. The van der Waals surface area contributed by atoms with Crippen molar-refractivity contribution in [3.05, 3.63) is 89.7 Å². The molecule has 0 saturated heterocycles. The maximum atomic E-state index is 11.0. The molecule has 3 aromatic heterocycles. The summed E-state index contributed by atoms with van der Waals surface area (Å²) in [5.74, 6) is 6.92. The van der Waals surface area contributed by atoms with E-state index in [1.165, 1.54) is 31.0 Å². The molecule has 0 aliphatic carbocycles. The molecule has 0 spiro atoms. The zero-order chi connectivity index (χ0) is 25.9. The van der Waals surface area contributed by atoms with E-state index in [1.807, 2.05) is 18.2 Å². The van der Waals surface area contributed by atoms with E-state index < -0.39 is 0 Å². The van der Waals surface area contributed by atoms with Crippen molar-refractivity contribution in [2.45, 2.75) is 32.6 Å². The van der Waals surface area contributed by atoms with E-state index in [0.717, 1.165) is 17.5 Å². The zero-order valence-corrected chi connectivity index (χ0v) is 20.4. The van der Waals surface area contributed by atoms with Crippen LogP contribution in [0.25, 0.3) is 22.8 Å². The monoisotopic (exact) mass is 491 g/mol. The average molecular weight is 492 g/mol. The Kier molecular flexibility index (Phi) is 8.71. The van der Waals surface area contributed by atoms with Crippen molar-refractivity contribution < 1.29 is 19.1 Å². The maximum absolute atomic E-state index is 11.0. The Bertz CT molecular complexity index is 1420. The minimum atomic E-state index is 0.280. The lowest BCUT2D eigenvalue weighted by Crippen LogP contribution is -1.97. The van der Waals surface area contributed by atoms with Crippen LogP contribution in [0, 0.1) is 11.8 Å².